The van der Waals surface area contributed by atoms with E-state index in [2.05, 4.69) is 10.2 Å². The molecule has 0 spiro atoms. The molecule has 1 aromatic rings. The molecule has 0 bridgehead atoms. The maximum atomic E-state index is 13.1. The van der Waals surface area contributed by atoms with Crippen LogP contribution in [0.2, 0.25) is 0 Å². The number of piperidine rings is 1. The van der Waals surface area contributed by atoms with Gasteiger partial charge in [-0.1, -0.05) is 30.3 Å². The highest BCUT2D eigenvalue weighted by atomic mass is 32.2. The Morgan fingerprint density at radius 1 is 1.12 bits per heavy atom. The number of hydrogen-bond acceptors (Lipinski definition) is 4. The van der Waals surface area contributed by atoms with Gasteiger partial charge in [0, 0.05) is 25.7 Å². The Morgan fingerprint density at radius 2 is 1.88 bits per heavy atom. The van der Waals surface area contributed by atoms with Crippen LogP contribution in [0.4, 0.5) is 0 Å². The molecule has 2 fully saturated rings. The van der Waals surface area contributed by atoms with E-state index in [0.29, 0.717) is 6.54 Å². The molecule has 24 heavy (non-hydrogen) atoms. The molecule has 134 valence electrons. The van der Waals surface area contributed by atoms with E-state index in [9.17, 15) is 8.42 Å². The second kappa shape index (κ2) is 8.43. The predicted octanol–water partition coefficient (Wildman–Crippen LogP) is 1.67. The number of nitrogens with zero attached hydrogens (tertiary/aromatic N) is 2. The highest BCUT2D eigenvalue weighted by Gasteiger charge is 2.31. The standard InChI is InChI=1S/C18H29N3O2S/c22-24(23,16-17-7-2-1-3-8-17)21(18-9-6-10-19-15-18)14-13-20-11-4-5-12-20/h1-3,7-8,18-19H,4-6,9-16H2. The average Bonchev–Trinajstić information content (AvgIpc) is 3.10. The Morgan fingerprint density at radius 3 is 2.54 bits per heavy atom. The topological polar surface area (TPSA) is 52.7 Å². The van der Waals surface area contributed by atoms with E-state index in [4.69, 9.17) is 0 Å². The van der Waals surface area contributed by atoms with Crippen LogP contribution >= 0.6 is 0 Å². The lowest BCUT2D eigenvalue weighted by Gasteiger charge is -2.34. The molecule has 1 aromatic carbocycles. The third kappa shape index (κ3) is 4.79. The quantitative estimate of drug-likeness (QED) is 0.812. The van der Waals surface area contributed by atoms with Gasteiger partial charge in [-0.05, 0) is 50.9 Å². The van der Waals surface area contributed by atoms with Crippen molar-refractivity contribution < 1.29 is 8.42 Å². The van der Waals surface area contributed by atoms with Crippen molar-refractivity contribution >= 4 is 10.0 Å². The summed E-state index contributed by atoms with van der Waals surface area (Å²) in [6.45, 7) is 5.44. The van der Waals surface area contributed by atoms with Crippen molar-refractivity contribution in [2.45, 2.75) is 37.5 Å². The summed E-state index contributed by atoms with van der Waals surface area (Å²) in [5.74, 6) is 0.102. The summed E-state index contributed by atoms with van der Waals surface area (Å²) in [5.41, 5.74) is 0.868. The maximum Gasteiger partial charge on any atom is 0.218 e. The van der Waals surface area contributed by atoms with E-state index in [1.807, 2.05) is 30.3 Å². The molecule has 2 saturated heterocycles. The third-order valence-corrected chi connectivity index (χ3v) is 6.96. The molecule has 5 nitrogen and oxygen atoms in total. The molecule has 0 amide bonds. The fourth-order valence-electron chi connectivity index (χ4n) is 3.74. The van der Waals surface area contributed by atoms with E-state index < -0.39 is 10.0 Å². The van der Waals surface area contributed by atoms with Crippen molar-refractivity contribution in [1.29, 1.82) is 0 Å². The van der Waals surface area contributed by atoms with Gasteiger partial charge in [-0.25, -0.2) is 8.42 Å². The minimum absolute atomic E-state index is 0.0927. The summed E-state index contributed by atoms with van der Waals surface area (Å²) < 4.78 is 27.9. The van der Waals surface area contributed by atoms with Crippen molar-refractivity contribution in [3.63, 3.8) is 0 Å². The molecule has 2 aliphatic heterocycles. The van der Waals surface area contributed by atoms with Gasteiger partial charge in [0.2, 0.25) is 10.0 Å². The number of hydrogen-bond donors (Lipinski definition) is 1. The lowest BCUT2D eigenvalue weighted by molar-refractivity contribution is 0.231. The summed E-state index contributed by atoms with van der Waals surface area (Å²) in [4.78, 5) is 2.39. The molecular formula is C18H29N3O2S. The summed E-state index contributed by atoms with van der Waals surface area (Å²) >= 11 is 0. The smallest absolute Gasteiger partial charge is 0.218 e. The Balaban J connectivity index is 1.71. The van der Waals surface area contributed by atoms with Crippen LogP contribution in [0, 0.1) is 0 Å². The molecule has 0 aromatic heterocycles. The molecule has 2 aliphatic rings. The van der Waals surface area contributed by atoms with Crippen molar-refractivity contribution in [2.24, 2.45) is 0 Å². The van der Waals surface area contributed by atoms with Crippen LogP contribution in [-0.4, -0.2) is 62.9 Å². The van der Waals surface area contributed by atoms with Crippen molar-refractivity contribution in [2.75, 3.05) is 39.3 Å². The van der Waals surface area contributed by atoms with E-state index >= 15 is 0 Å². The highest BCUT2D eigenvalue weighted by Crippen LogP contribution is 2.19. The number of sulfonamides is 1. The van der Waals surface area contributed by atoms with E-state index in [1.165, 1.54) is 12.8 Å². The van der Waals surface area contributed by atoms with Gasteiger partial charge in [-0.15, -0.1) is 0 Å². The minimum Gasteiger partial charge on any atom is -0.315 e. The van der Waals surface area contributed by atoms with Crippen molar-refractivity contribution in [3.05, 3.63) is 35.9 Å². The fraction of sp³-hybridized carbons (Fsp3) is 0.667. The van der Waals surface area contributed by atoms with Gasteiger partial charge in [0.25, 0.3) is 0 Å². The van der Waals surface area contributed by atoms with Crippen LogP contribution in [0.5, 0.6) is 0 Å². The highest BCUT2D eigenvalue weighted by molar-refractivity contribution is 7.88. The van der Waals surface area contributed by atoms with Crippen LogP contribution in [-0.2, 0) is 15.8 Å². The molecule has 6 heteroatoms. The average molecular weight is 352 g/mol. The number of rotatable bonds is 7. The second-order valence-corrected chi connectivity index (χ2v) is 8.82. The van der Waals surface area contributed by atoms with Crippen LogP contribution < -0.4 is 5.32 Å². The second-order valence-electron chi connectivity index (χ2n) is 6.90. The molecule has 1 unspecified atom stereocenters. The summed E-state index contributed by atoms with van der Waals surface area (Å²) in [7, 11) is -3.30. The molecule has 1 atom stereocenters. The first-order valence-corrected chi connectivity index (χ1v) is 10.7. The molecule has 1 N–H and O–H groups in total. The maximum absolute atomic E-state index is 13.1. The van der Waals surface area contributed by atoms with Gasteiger partial charge in [-0.2, -0.15) is 4.31 Å². The monoisotopic (exact) mass is 351 g/mol. The van der Waals surface area contributed by atoms with Gasteiger partial charge in [0.1, 0.15) is 0 Å². The molecule has 2 heterocycles. The van der Waals surface area contributed by atoms with Crippen molar-refractivity contribution in [3.8, 4) is 0 Å². The summed E-state index contributed by atoms with van der Waals surface area (Å²) in [6, 6.07) is 9.62. The predicted molar refractivity (Wildman–Crippen MR) is 97.3 cm³/mol. The lowest BCUT2D eigenvalue weighted by Crippen LogP contribution is -2.51. The number of likely N-dealkylation sites (tertiary alicyclic amines) is 1. The first-order valence-electron chi connectivity index (χ1n) is 9.12. The van der Waals surface area contributed by atoms with Crippen LogP contribution in [0.1, 0.15) is 31.2 Å². The van der Waals surface area contributed by atoms with Gasteiger partial charge >= 0.3 is 0 Å². The zero-order chi connectivity index (χ0) is 16.8. The molecule has 0 aliphatic carbocycles. The van der Waals surface area contributed by atoms with Gasteiger partial charge < -0.3 is 10.2 Å². The Kier molecular flexibility index (Phi) is 6.27. The van der Waals surface area contributed by atoms with Gasteiger partial charge in [0.15, 0.2) is 0 Å². The Bertz CT molecular complexity index is 594. The van der Waals surface area contributed by atoms with Crippen molar-refractivity contribution in [1.82, 2.24) is 14.5 Å². The third-order valence-electron chi connectivity index (χ3n) is 5.06. The lowest BCUT2D eigenvalue weighted by atomic mass is 10.1. The van der Waals surface area contributed by atoms with Crippen LogP contribution in [0.25, 0.3) is 0 Å². The van der Waals surface area contributed by atoms with E-state index in [1.54, 1.807) is 4.31 Å². The molecular weight excluding hydrogens is 322 g/mol. The van der Waals surface area contributed by atoms with E-state index in [0.717, 1.165) is 51.1 Å². The van der Waals surface area contributed by atoms with Gasteiger partial charge in [-0.3, -0.25) is 0 Å². The van der Waals surface area contributed by atoms with Crippen LogP contribution in [0.15, 0.2) is 30.3 Å². The van der Waals surface area contributed by atoms with Crippen LogP contribution in [0.3, 0.4) is 0 Å². The summed E-state index contributed by atoms with van der Waals surface area (Å²) in [6.07, 6.45) is 4.48. The fourth-order valence-corrected chi connectivity index (χ4v) is 5.52. The Labute approximate surface area is 146 Å². The zero-order valence-corrected chi connectivity index (χ0v) is 15.2. The number of nitrogens with one attached hydrogen (secondary N) is 1. The normalized spacial score (nSPS) is 23.0. The first-order chi connectivity index (χ1) is 11.6. The molecule has 0 saturated carbocycles. The largest absolute Gasteiger partial charge is 0.315 e. The van der Waals surface area contributed by atoms with Gasteiger partial charge in [0.05, 0.1) is 5.75 Å². The number of benzene rings is 1. The SMILES string of the molecule is O=S(=O)(Cc1ccccc1)N(CCN1CCCC1)C1CCCNC1. The summed E-state index contributed by atoms with van der Waals surface area (Å²) in [5, 5.41) is 3.36. The molecule has 0 radical (unpaired) electrons. The molecule has 3 rings (SSSR count). The first kappa shape index (κ1) is 17.9. The minimum atomic E-state index is -3.30. The zero-order valence-electron chi connectivity index (χ0n) is 14.4. The Hall–Kier alpha value is -0.950. The van der Waals surface area contributed by atoms with E-state index in [-0.39, 0.29) is 11.8 Å².